The van der Waals surface area contributed by atoms with E-state index in [0.29, 0.717) is 0 Å². The van der Waals surface area contributed by atoms with Crippen LogP contribution in [-0.4, -0.2) is 16.2 Å². The Bertz CT molecular complexity index is 596. The van der Waals surface area contributed by atoms with Crippen molar-refractivity contribution < 1.29 is 15.0 Å². The number of hydrogen-bond donors (Lipinski definition) is 2. The van der Waals surface area contributed by atoms with Crippen LogP contribution in [0.3, 0.4) is 0 Å². The fourth-order valence-corrected chi connectivity index (χ4v) is 3.88. The summed E-state index contributed by atoms with van der Waals surface area (Å²) >= 11 is 0. The van der Waals surface area contributed by atoms with Crippen LogP contribution in [0.5, 0.6) is 0 Å². The van der Waals surface area contributed by atoms with Crippen LogP contribution in [-0.2, 0) is 4.79 Å². The summed E-state index contributed by atoms with van der Waals surface area (Å²) in [7, 11) is 0. The fraction of sp³-hybridized carbons (Fsp3) is 0.645. The molecule has 0 rings (SSSR count). The van der Waals surface area contributed by atoms with Gasteiger partial charge in [0.25, 0.3) is 0 Å². The van der Waals surface area contributed by atoms with Crippen molar-refractivity contribution in [3.05, 3.63) is 60.4 Å². The average molecular weight is 473 g/mol. The van der Waals surface area contributed by atoms with Crippen LogP contribution >= 0.6 is 0 Å². The number of carbonyl (C=O) groups is 1. The Morgan fingerprint density at radius 1 is 0.500 bits per heavy atom. The molecule has 0 radical (unpaired) electrons. The topological polar surface area (TPSA) is 57.5 Å². The molecule has 2 N–H and O–H groups in total. The van der Waals surface area contributed by atoms with E-state index >= 15 is 0 Å². The van der Waals surface area contributed by atoms with Crippen molar-refractivity contribution in [1.29, 1.82) is 0 Å². The first-order valence-corrected chi connectivity index (χ1v) is 14.0. The maximum atomic E-state index is 10.4. The van der Waals surface area contributed by atoms with Crippen molar-refractivity contribution in [2.24, 2.45) is 0 Å². The van der Waals surface area contributed by atoms with E-state index in [1.165, 1.54) is 122 Å². The van der Waals surface area contributed by atoms with Crippen molar-refractivity contribution in [3.8, 4) is 0 Å². The molecule has 0 spiro atoms. The van der Waals surface area contributed by atoms with Gasteiger partial charge in [0.2, 0.25) is 5.76 Å². The van der Waals surface area contributed by atoms with E-state index in [1.54, 1.807) is 12.2 Å². The van der Waals surface area contributed by atoms with Gasteiger partial charge in [0, 0.05) is 0 Å². The Labute approximate surface area is 210 Å². The number of carboxylic acid groups (broad SMARTS) is 1. The lowest BCUT2D eigenvalue weighted by Crippen LogP contribution is -1.97. The summed E-state index contributed by atoms with van der Waals surface area (Å²) in [5, 5.41) is 17.5. The number of aliphatic hydroxyl groups is 1. The van der Waals surface area contributed by atoms with Gasteiger partial charge in [-0.3, -0.25) is 0 Å². The molecule has 0 bridgehead atoms. The molecular weight excluding hydrogens is 420 g/mol. The molecule has 194 valence electrons. The molecule has 34 heavy (non-hydrogen) atoms. The van der Waals surface area contributed by atoms with E-state index in [9.17, 15) is 4.79 Å². The molecule has 3 heteroatoms. The molecule has 0 aromatic rings. The molecule has 3 nitrogen and oxygen atoms in total. The normalized spacial score (nSPS) is 12.8. The smallest absolute Gasteiger partial charge is 0.370 e. The summed E-state index contributed by atoms with van der Waals surface area (Å²) in [4.78, 5) is 10.4. The van der Waals surface area contributed by atoms with Gasteiger partial charge in [-0.1, -0.05) is 165 Å². The van der Waals surface area contributed by atoms with Crippen LogP contribution in [0.4, 0.5) is 0 Å². The number of aliphatic hydroxyl groups excluding tert-OH is 1. The minimum Gasteiger partial charge on any atom is -0.502 e. The number of unbranched alkanes of at least 4 members (excludes halogenated alkanes) is 18. The second-order valence-corrected chi connectivity index (χ2v) is 9.24. The third kappa shape index (κ3) is 26.2. The van der Waals surface area contributed by atoms with E-state index < -0.39 is 11.7 Å². The number of carboxylic acids is 1. The van der Waals surface area contributed by atoms with Gasteiger partial charge in [0.1, 0.15) is 0 Å². The summed E-state index contributed by atoms with van der Waals surface area (Å²) in [6.07, 6.45) is 42.7. The fourth-order valence-electron chi connectivity index (χ4n) is 3.88. The van der Waals surface area contributed by atoms with Gasteiger partial charge in [-0.2, -0.15) is 0 Å². The van der Waals surface area contributed by atoms with E-state index in [1.807, 2.05) is 18.2 Å². The molecule has 0 aromatic carbocycles. The predicted molar refractivity (Wildman–Crippen MR) is 148 cm³/mol. The minimum absolute atomic E-state index is 0.664. The van der Waals surface area contributed by atoms with Crippen LogP contribution in [0.1, 0.15) is 129 Å². The first-order valence-electron chi connectivity index (χ1n) is 14.0. The van der Waals surface area contributed by atoms with Gasteiger partial charge in [-0.05, 0) is 18.9 Å². The monoisotopic (exact) mass is 472 g/mol. The zero-order valence-electron chi connectivity index (χ0n) is 21.9. The number of hydrogen-bond acceptors (Lipinski definition) is 2. The molecule has 0 saturated carbocycles. The lowest BCUT2D eigenvalue weighted by molar-refractivity contribution is -0.135. The first-order chi connectivity index (χ1) is 16.7. The number of allylic oxidation sites excluding steroid dienone is 9. The zero-order chi connectivity index (χ0) is 25.0. The van der Waals surface area contributed by atoms with Gasteiger partial charge in [-0.25, -0.2) is 4.79 Å². The maximum Gasteiger partial charge on any atom is 0.370 e. The molecule has 0 aromatic heterocycles. The Morgan fingerprint density at radius 2 is 0.853 bits per heavy atom. The maximum absolute atomic E-state index is 10.4. The van der Waals surface area contributed by atoms with Gasteiger partial charge < -0.3 is 10.2 Å². The van der Waals surface area contributed by atoms with Gasteiger partial charge >= 0.3 is 5.97 Å². The van der Waals surface area contributed by atoms with Gasteiger partial charge in [0.05, 0.1) is 0 Å². The van der Waals surface area contributed by atoms with Crippen LogP contribution in [0.25, 0.3) is 0 Å². The number of rotatable bonds is 24. The summed E-state index contributed by atoms with van der Waals surface area (Å²) < 4.78 is 0. The first kappa shape index (κ1) is 32.0. The van der Waals surface area contributed by atoms with E-state index in [-0.39, 0.29) is 0 Å². The minimum atomic E-state index is -1.33. The molecular formula is C31H52O3. The second kappa shape index (κ2) is 27.2. The molecule has 0 heterocycles. The zero-order valence-corrected chi connectivity index (χ0v) is 21.9. The third-order valence-corrected chi connectivity index (χ3v) is 6.00. The highest BCUT2D eigenvalue weighted by Gasteiger charge is 1.99. The highest BCUT2D eigenvalue weighted by Crippen LogP contribution is 2.14. The average Bonchev–Trinajstić information content (AvgIpc) is 2.83. The van der Waals surface area contributed by atoms with Crippen molar-refractivity contribution >= 4 is 5.97 Å². The lowest BCUT2D eigenvalue weighted by Gasteiger charge is -2.03. The molecule has 0 fully saturated rings. The van der Waals surface area contributed by atoms with E-state index in [2.05, 4.69) is 19.1 Å². The van der Waals surface area contributed by atoms with Crippen molar-refractivity contribution in [2.45, 2.75) is 129 Å². The Balaban J connectivity index is 3.33. The Kier molecular flexibility index (Phi) is 25.6. The van der Waals surface area contributed by atoms with Crippen molar-refractivity contribution in [2.75, 3.05) is 0 Å². The van der Waals surface area contributed by atoms with E-state index in [0.717, 1.165) is 12.5 Å². The number of aliphatic carboxylic acids is 1. The third-order valence-electron chi connectivity index (χ3n) is 6.00. The van der Waals surface area contributed by atoms with E-state index in [4.69, 9.17) is 10.2 Å². The molecule has 0 aliphatic rings. The van der Waals surface area contributed by atoms with Crippen molar-refractivity contribution in [3.63, 3.8) is 0 Å². The second-order valence-electron chi connectivity index (χ2n) is 9.24. The van der Waals surface area contributed by atoms with Crippen LogP contribution in [0, 0.1) is 0 Å². The van der Waals surface area contributed by atoms with Gasteiger partial charge in [0.15, 0.2) is 0 Å². The largest absolute Gasteiger partial charge is 0.502 e. The van der Waals surface area contributed by atoms with Gasteiger partial charge in [-0.15, -0.1) is 0 Å². The quantitative estimate of drug-likeness (QED) is 0.0635. The molecule has 0 unspecified atom stereocenters. The molecule has 0 amide bonds. The molecule has 0 atom stereocenters. The van der Waals surface area contributed by atoms with Crippen LogP contribution < -0.4 is 0 Å². The highest BCUT2D eigenvalue weighted by atomic mass is 16.4. The molecule has 0 saturated heterocycles. The summed E-state index contributed by atoms with van der Waals surface area (Å²) in [5.74, 6) is -1.99. The summed E-state index contributed by atoms with van der Waals surface area (Å²) in [6.45, 7) is 2.29. The Hall–Kier alpha value is -2.03. The van der Waals surface area contributed by atoms with Crippen molar-refractivity contribution in [1.82, 2.24) is 0 Å². The Morgan fingerprint density at radius 3 is 1.26 bits per heavy atom. The van der Waals surface area contributed by atoms with Crippen LogP contribution in [0.2, 0.25) is 0 Å². The molecule has 0 aliphatic heterocycles. The summed E-state index contributed by atoms with van der Waals surface area (Å²) in [5.41, 5.74) is 0. The standard InChI is InChI=1S/C31H52O3/c1-2-3-4-5-6-7-8-9-10-11-12-13-14-15-16-17-18-19-20-21-22-23-24-25-26-27-28-29-30(32)31(33)34/h21-29,32H,2-20H2,1H3,(H,33,34). The van der Waals surface area contributed by atoms with Crippen LogP contribution in [0.15, 0.2) is 60.4 Å². The lowest BCUT2D eigenvalue weighted by atomic mass is 10.0. The highest BCUT2D eigenvalue weighted by molar-refractivity contribution is 5.83. The predicted octanol–water partition coefficient (Wildman–Crippen LogP) is 10.2. The molecule has 0 aliphatic carbocycles. The SMILES string of the molecule is CCCCCCCCCCCCCCCCCCCCC=CC=CC=CC=CC=C(O)C(=O)O. The summed E-state index contributed by atoms with van der Waals surface area (Å²) in [6, 6.07) is 0.